The molecular weight excluding hydrogens is 316 g/mol. The molecule has 0 spiro atoms. The third-order valence-electron chi connectivity index (χ3n) is 4.36. The lowest BCUT2D eigenvalue weighted by atomic mass is 10.1. The van der Waals surface area contributed by atoms with E-state index in [1.54, 1.807) is 13.1 Å². The van der Waals surface area contributed by atoms with Crippen LogP contribution in [0.25, 0.3) is 0 Å². The molecule has 7 nitrogen and oxygen atoms in total. The first kappa shape index (κ1) is 17.1. The van der Waals surface area contributed by atoms with Crippen molar-refractivity contribution in [3.8, 4) is 0 Å². The number of carbonyl (C=O) groups is 1. The minimum atomic E-state index is 0.126. The van der Waals surface area contributed by atoms with Crippen molar-refractivity contribution < 1.29 is 4.79 Å². The fourth-order valence-electron chi connectivity index (χ4n) is 2.91. The molecule has 0 atom stereocenters. The Balaban J connectivity index is 1.47. The van der Waals surface area contributed by atoms with Crippen molar-refractivity contribution >= 4 is 17.7 Å². The van der Waals surface area contributed by atoms with E-state index in [0.717, 1.165) is 51.4 Å². The minimum Gasteiger partial charge on any atom is -0.353 e. The maximum absolute atomic E-state index is 11.4. The van der Waals surface area contributed by atoms with Crippen LogP contribution in [0.3, 0.4) is 0 Å². The topological polar surface area (TPSA) is 74.2 Å². The van der Waals surface area contributed by atoms with Crippen LogP contribution in [0.5, 0.6) is 0 Å². The van der Waals surface area contributed by atoms with Gasteiger partial charge in [0.05, 0.1) is 6.20 Å². The summed E-state index contributed by atoms with van der Waals surface area (Å²) in [6.45, 7) is 5.40. The van der Waals surface area contributed by atoms with E-state index in [1.807, 2.05) is 11.0 Å². The van der Waals surface area contributed by atoms with Crippen LogP contribution in [0.15, 0.2) is 36.5 Å². The molecule has 1 fully saturated rings. The SMILES string of the molecule is CC(=O)N1CCN(c2cnnc(NCCCc3ccccc3)n2)CC1. The van der Waals surface area contributed by atoms with Crippen LogP contribution < -0.4 is 10.2 Å². The Kier molecular flexibility index (Phi) is 5.77. The van der Waals surface area contributed by atoms with Crippen LogP contribution in [0.2, 0.25) is 0 Å². The highest BCUT2D eigenvalue weighted by atomic mass is 16.2. The van der Waals surface area contributed by atoms with Crippen molar-refractivity contribution in [1.82, 2.24) is 20.1 Å². The molecule has 25 heavy (non-hydrogen) atoms. The summed E-state index contributed by atoms with van der Waals surface area (Å²) in [7, 11) is 0. The highest BCUT2D eigenvalue weighted by Crippen LogP contribution is 2.13. The number of nitrogens with zero attached hydrogens (tertiary/aromatic N) is 5. The largest absolute Gasteiger partial charge is 0.353 e. The summed E-state index contributed by atoms with van der Waals surface area (Å²) in [5.41, 5.74) is 1.33. The van der Waals surface area contributed by atoms with Gasteiger partial charge in [0.25, 0.3) is 0 Å². The van der Waals surface area contributed by atoms with Crippen molar-refractivity contribution in [3.63, 3.8) is 0 Å². The van der Waals surface area contributed by atoms with Gasteiger partial charge in [0, 0.05) is 39.6 Å². The summed E-state index contributed by atoms with van der Waals surface area (Å²) in [6, 6.07) is 10.4. The Labute approximate surface area is 148 Å². The quantitative estimate of drug-likeness (QED) is 0.805. The average molecular weight is 340 g/mol. The third-order valence-corrected chi connectivity index (χ3v) is 4.36. The fourth-order valence-corrected chi connectivity index (χ4v) is 2.91. The van der Waals surface area contributed by atoms with E-state index in [-0.39, 0.29) is 5.91 Å². The van der Waals surface area contributed by atoms with Gasteiger partial charge >= 0.3 is 0 Å². The number of hydrogen-bond donors (Lipinski definition) is 1. The molecule has 1 aliphatic heterocycles. The Morgan fingerprint density at radius 1 is 1.16 bits per heavy atom. The van der Waals surface area contributed by atoms with E-state index in [1.165, 1.54) is 5.56 Å². The second-order valence-corrected chi connectivity index (χ2v) is 6.15. The van der Waals surface area contributed by atoms with E-state index in [9.17, 15) is 4.79 Å². The highest BCUT2D eigenvalue weighted by molar-refractivity contribution is 5.73. The van der Waals surface area contributed by atoms with Crippen LogP contribution in [0, 0.1) is 0 Å². The summed E-state index contributed by atoms with van der Waals surface area (Å²) in [4.78, 5) is 20.0. The molecule has 132 valence electrons. The first-order valence-corrected chi connectivity index (χ1v) is 8.70. The third kappa shape index (κ3) is 4.89. The molecular formula is C18H24N6O. The van der Waals surface area contributed by atoms with Crippen molar-refractivity contribution in [2.24, 2.45) is 0 Å². The number of aromatic nitrogens is 3. The monoisotopic (exact) mass is 340 g/mol. The number of aryl methyl sites for hydroxylation is 1. The Morgan fingerprint density at radius 3 is 2.64 bits per heavy atom. The molecule has 0 aliphatic carbocycles. The number of hydrogen-bond acceptors (Lipinski definition) is 6. The number of rotatable bonds is 6. The second kappa shape index (κ2) is 8.41. The summed E-state index contributed by atoms with van der Waals surface area (Å²) in [5.74, 6) is 1.49. The van der Waals surface area contributed by atoms with Crippen molar-refractivity contribution in [2.75, 3.05) is 42.9 Å². The number of benzene rings is 1. The van der Waals surface area contributed by atoms with Crippen molar-refractivity contribution in [3.05, 3.63) is 42.1 Å². The first-order chi connectivity index (χ1) is 12.2. The number of amides is 1. The zero-order chi connectivity index (χ0) is 17.5. The van der Waals surface area contributed by atoms with Gasteiger partial charge in [-0.1, -0.05) is 30.3 Å². The van der Waals surface area contributed by atoms with Crippen LogP contribution >= 0.6 is 0 Å². The standard InChI is InChI=1S/C18H24N6O/c1-15(25)23-10-12-24(13-11-23)17-14-20-22-18(21-17)19-9-5-8-16-6-3-2-4-7-16/h2-4,6-7,14H,5,8-13H2,1H3,(H,19,21,22). The number of piperazine rings is 1. The van der Waals surface area contributed by atoms with Gasteiger partial charge in [-0.25, -0.2) is 0 Å². The molecule has 3 rings (SSSR count). The van der Waals surface area contributed by atoms with E-state index < -0.39 is 0 Å². The van der Waals surface area contributed by atoms with Gasteiger partial charge in [-0.05, 0) is 18.4 Å². The molecule has 1 aliphatic rings. The molecule has 7 heteroatoms. The van der Waals surface area contributed by atoms with Crippen LogP contribution in [0.4, 0.5) is 11.8 Å². The summed E-state index contributed by atoms with van der Waals surface area (Å²) in [6.07, 6.45) is 3.71. The Morgan fingerprint density at radius 2 is 1.92 bits per heavy atom. The molecule has 0 unspecified atom stereocenters. The number of nitrogens with one attached hydrogen (secondary N) is 1. The molecule has 0 bridgehead atoms. The van der Waals surface area contributed by atoms with Gasteiger partial charge in [0.2, 0.25) is 11.9 Å². The van der Waals surface area contributed by atoms with Gasteiger partial charge < -0.3 is 15.1 Å². The van der Waals surface area contributed by atoms with Gasteiger partial charge in [-0.3, -0.25) is 4.79 Å². The Bertz CT molecular complexity index is 685. The maximum Gasteiger partial charge on any atom is 0.244 e. The van der Waals surface area contributed by atoms with Crippen molar-refractivity contribution in [2.45, 2.75) is 19.8 Å². The van der Waals surface area contributed by atoms with Crippen LogP contribution in [0.1, 0.15) is 18.9 Å². The Hall–Kier alpha value is -2.70. The maximum atomic E-state index is 11.4. The molecule has 1 saturated heterocycles. The van der Waals surface area contributed by atoms with Crippen LogP contribution in [-0.4, -0.2) is 58.7 Å². The molecule has 2 heterocycles. The van der Waals surface area contributed by atoms with Crippen molar-refractivity contribution in [1.29, 1.82) is 0 Å². The molecule has 0 radical (unpaired) electrons. The summed E-state index contributed by atoms with van der Waals surface area (Å²) in [5, 5.41) is 11.4. The highest BCUT2D eigenvalue weighted by Gasteiger charge is 2.20. The summed E-state index contributed by atoms with van der Waals surface area (Å²) >= 11 is 0. The van der Waals surface area contributed by atoms with E-state index in [2.05, 4.69) is 49.7 Å². The van der Waals surface area contributed by atoms with Gasteiger partial charge in [0.1, 0.15) is 0 Å². The second-order valence-electron chi connectivity index (χ2n) is 6.15. The zero-order valence-corrected chi connectivity index (χ0v) is 14.6. The predicted molar refractivity (Wildman–Crippen MR) is 97.5 cm³/mol. The first-order valence-electron chi connectivity index (χ1n) is 8.70. The summed E-state index contributed by atoms with van der Waals surface area (Å²) < 4.78 is 0. The van der Waals surface area contributed by atoms with Gasteiger partial charge in [-0.2, -0.15) is 10.1 Å². The lowest BCUT2D eigenvalue weighted by Crippen LogP contribution is -2.48. The molecule has 1 aromatic heterocycles. The predicted octanol–water partition coefficient (Wildman–Crippen LogP) is 1.58. The molecule has 2 aromatic rings. The van der Waals surface area contributed by atoms with Gasteiger partial charge in [-0.15, -0.1) is 5.10 Å². The molecule has 1 amide bonds. The average Bonchev–Trinajstić information content (AvgIpc) is 2.66. The van der Waals surface area contributed by atoms with E-state index in [0.29, 0.717) is 5.95 Å². The van der Waals surface area contributed by atoms with Crippen LogP contribution in [-0.2, 0) is 11.2 Å². The molecule has 1 N–H and O–H groups in total. The number of carbonyl (C=O) groups excluding carboxylic acids is 1. The number of anilines is 2. The molecule has 0 saturated carbocycles. The van der Waals surface area contributed by atoms with E-state index >= 15 is 0 Å². The van der Waals surface area contributed by atoms with E-state index in [4.69, 9.17) is 0 Å². The lowest BCUT2D eigenvalue weighted by Gasteiger charge is -2.34. The normalized spacial score (nSPS) is 14.4. The zero-order valence-electron chi connectivity index (χ0n) is 14.6. The molecule has 1 aromatic carbocycles. The smallest absolute Gasteiger partial charge is 0.244 e. The van der Waals surface area contributed by atoms with Gasteiger partial charge in [0.15, 0.2) is 5.82 Å². The minimum absolute atomic E-state index is 0.126. The lowest BCUT2D eigenvalue weighted by molar-refractivity contribution is -0.129. The fraction of sp³-hybridized carbons (Fsp3) is 0.444.